The van der Waals surface area contributed by atoms with Crippen LogP contribution in [0.1, 0.15) is 20.7 Å². The summed E-state index contributed by atoms with van der Waals surface area (Å²) in [5, 5.41) is 42.9. The van der Waals surface area contributed by atoms with Crippen molar-refractivity contribution in [2.75, 3.05) is 0 Å². The van der Waals surface area contributed by atoms with E-state index in [-0.39, 0.29) is 22.6 Å². The van der Waals surface area contributed by atoms with Crippen LogP contribution in [0, 0.1) is 0 Å². The van der Waals surface area contributed by atoms with Crippen LogP contribution in [0.2, 0.25) is 0 Å². The van der Waals surface area contributed by atoms with E-state index in [1.165, 1.54) is 12.1 Å². The zero-order valence-corrected chi connectivity index (χ0v) is 16.1. The first-order chi connectivity index (χ1) is 13.9. The molecule has 0 unspecified atom stereocenters. The molecule has 0 spiro atoms. The molecule has 0 radical (unpaired) electrons. The Morgan fingerprint density at radius 1 is 0.655 bits per heavy atom. The van der Waals surface area contributed by atoms with Gasteiger partial charge in [0.25, 0.3) is 0 Å². The van der Waals surface area contributed by atoms with Crippen molar-refractivity contribution < 1.29 is 45.2 Å². The molecule has 0 aliphatic heterocycles. The number of hydrogen-bond acceptors (Lipinski definition) is 4. The normalized spacial score (nSPS) is 11.0. The molecular weight excluding hydrogens is 412 g/mol. The first-order valence-corrected chi connectivity index (χ1v) is 9.80. The standard InChI is InChI=1S/2C11H7O3.Cr/c2*12-10-6-8-4-2-1-3-7(8)5-9(10)11(13)14;/h2*1-5,12H,(H,13,14);. The van der Waals surface area contributed by atoms with E-state index < -0.39 is 27.2 Å². The maximum atomic E-state index is 11.6. The predicted octanol–water partition coefficient (Wildman–Crippen LogP) is 2.83. The van der Waals surface area contributed by atoms with Crippen molar-refractivity contribution in [3.8, 4) is 11.5 Å². The quantitative estimate of drug-likeness (QED) is 0.399. The van der Waals surface area contributed by atoms with Gasteiger partial charge in [0.15, 0.2) is 0 Å². The Hall–Kier alpha value is -3.53. The molecule has 0 aromatic heterocycles. The van der Waals surface area contributed by atoms with Gasteiger partial charge in [-0.25, -0.2) is 0 Å². The molecule has 0 saturated carbocycles. The third-order valence-electron chi connectivity index (χ3n) is 4.62. The van der Waals surface area contributed by atoms with E-state index in [9.17, 15) is 30.0 Å². The molecule has 4 rings (SSSR count). The van der Waals surface area contributed by atoms with Gasteiger partial charge in [-0.05, 0) is 0 Å². The first-order valence-electron chi connectivity index (χ1n) is 8.52. The van der Waals surface area contributed by atoms with Gasteiger partial charge in [-0.1, -0.05) is 0 Å². The Labute approximate surface area is 171 Å². The second-order valence-electron chi connectivity index (χ2n) is 6.36. The van der Waals surface area contributed by atoms with Gasteiger partial charge < -0.3 is 0 Å². The molecule has 0 aliphatic rings. The van der Waals surface area contributed by atoms with Crippen LogP contribution < -0.4 is 8.85 Å². The van der Waals surface area contributed by atoms with Crippen LogP contribution >= 0.6 is 0 Å². The number of hydrogen-bond donors (Lipinski definition) is 4. The van der Waals surface area contributed by atoms with E-state index in [1.807, 2.05) is 0 Å². The fourth-order valence-electron chi connectivity index (χ4n) is 3.24. The van der Waals surface area contributed by atoms with Gasteiger partial charge in [0.05, 0.1) is 0 Å². The number of carbonyl (C=O) groups is 2. The number of phenols is 2. The van der Waals surface area contributed by atoms with Gasteiger partial charge in [0.2, 0.25) is 0 Å². The van der Waals surface area contributed by atoms with Gasteiger partial charge in [-0.3, -0.25) is 0 Å². The van der Waals surface area contributed by atoms with E-state index in [4.69, 9.17) is 0 Å². The van der Waals surface area contributed by atoms with Crippen molar-refractivity contribution in [1.82, 2.24) is 0 Å². The average molecular weight is 426 g/mol. The fraction of sp³-hybridized carbons (Fsp3) is 0. The van der Waals surface area contributed by atoms with Gasteiger partial charge in [-0.2, -0.15) is 0 Å². The number of aromatic hydroxyl groups is 2. The maximum absolute atomic E-state index is 11.6. The van der Waals surface area contributed by atoms with Crippen LogP contribution in [0.25, 0.3) is 21.5 Å². The van der Waals surface area contributed by atoms with Crippen molar-refractivity contribution in [2.45, 2.75) is 0 Å². The molecule has 0 atom stereocenters. The number of carboxylic acid groups (broad SMARTS) is 2. The molecule has 0 fully saturated rings. The Morgan fingerprint density at radius 2 is 1.03 bits per heavy atom. The van der Waals surface area contributed by atoms with Gasteiger partial charge in [-0.15, -0.1) is 0 Å². The van der Waals surface area contributed by atoms with E-state index >= 15 is 0 Å². The molecule has 144 valence electrons. The summed E-state index contributed by atoms with van der Waals surface area (Å²) in [5.74, 6) is -3.28. The monoisotopic (exact) mass is 426 g/mol. The Morgan fingerprint density at radius 3 is 1.41 bits per heavy atom. The number of rotatable bonds is 4. The molecule has 4 aromatic carbocycles. The summed E-state index contributed by atoms with van der Waals surface area (Å²) in [7, 11) is 0. The summed E-state index contributed by atoms with van der Waals surface area (Å²) >= 11 is -0.774. The number of carboxylic acids is 2. The molecule has 0 heterocycles. The number of fused-ring (bicyclic) bond motifs is 2. The third-order valence-corrected chi connectivity index (χ3v) is 6.54. The third kappa shape index (κ3) is 3.17. The van der Waals surface area contributed by atoms with Gasteiger partial charge in [0, 0.05) is 0 Å². The predicted molar refractivity (Wildman–Crippen MR) is 104 cm³/mol. The Kier molecular flexibility index (Phi) is 4.63. The van der Waals surface area contributed by atoms with Crippen molar-refractivity contribution in [1.29, 1.82) is 0 Å². The van der Waals surface area contributed by atoms with Crippen LogP contribution in [0.5, 0.6) is 11.5 Å². The molecule has 0 aliphatic carbocycles. The second kappa shape index (κ2) is 7.13. The first kappa shape index (κ1) is 18.8. The minimum absolute atomic E-state index is 0.237. The van der Waals surface area contributed by atoms with E-state index in [2.05, 4.69) is 0 Å². The number of aromatic carboxylic acids is 2. The van der Waals surface area contributed by atoms with Crippen molar-refractivity contribution in [3.63, 3.8) is 0 Å². The second-order valence-corrected chi connectivity index (χ2v) is 7.95. The summed E-state index contributed by atoms with van der Waals surface area (Å²) in [5.41, 5.74) is -0.475. The molecule has 0 saturated heterocycles. The fourth-order valence-corrected chi connectivity index (χ4v) is 5.13. The zero-order chi connectivity index (χ0) is 20.7. The summed E-state index contributed by atoms with van der Waals surface area (Å²) in [6, 6.07) is 16.9. The van der Waals surface area contributed by atoms with Crippen LogP contribution in [0.4, 0.5) is 0 Å². The van der Waals surface area contributed by atoms with Crippen molar-refractivity contribution in [3.05, 3.63) is 71.8 Å². The molecule has 6 nitrogen and oxygen atoms in total. The van der Waals surface area contributed by atoms with E-state index in [0.29, 0.717) is 30.4 Å². The SMILES string of the molecule is O=C(O)c1cc2ccccc2[c]([Cr][c]2c(O)c(C(=O)O)cc3ccccc23)c1O. The molecule has 4 aromatic rings. The molecule has 4 N–H and O–H groups in total. The topological polar surface area (TPSA) is 115 Å². The molecule has 0 bridgehead atoms. The Bertz CT molecular complexity index is 1210. The van der Waals surface area contributed by atoms with Crippen LogP contribution in [-0.4, -0.2) is 32.4 Å². The molecule has 7 heteroatoms. The van der Waals surface area contributed by atoms with E-state index in [1.54, 1.807) is 48.5 Å². The summed E-state index contributed by atoms with van der Waals surface area (Å²) in [6.45, 7) is 0. The van der Waals surface area contributed by atoms with Gasteiger partial charge >= 0.3 is 171 Å². The molecular formula is C22H14CrO6. The summed E-state index contributed by atoms with van der Waals surface area (Å²) in [4.78, 5) is 23.2. The molecule has 29 heavy (non-hydrogen) atoms. The summed E-state index contributed by atoms with van der Waals surface area (Å²) in [6.07, 6.45) is 0. The van der Waals surface area contributed by atoms with Gasteiger partial charge in [0.1, 0.15) is 0 Å². The Balaban J connectivity index is 2.05. The van der Waals surface area contributed by atoms with E-state index in [0.717, 1.165) is 0 Å². The van der Waals surface area contributed by atoms with Crippen LogP contribution in [0.3, 0.4) is 0 Å². The van der Waals surface area contributed by atoms with Crippen LogP contribution in [0.15, 0.2) is 60.7 Å². The van der Waals surface area contributed by atoms with Crippen molar-refractivity contribution in [2.24, 2.45) is 0 Å². The van der Waals surface area contributed by atoms with Crippen LogP contribution in [-0.2, 0) is 15.2 Å². The van der Waals surface area contributed by atoms with Crippen molar-refractivity contribution >= 4 is 42.3 Å². The minimum atomic E-state index is -1.27. The summed E-state index contributed by atoms with van der Waals surface area (Å²) < 4.78 is 0.743. The average Bonchev–Trinajstić information content (AvgIpc) is 2.70. The number of benzene rings is 4. The molecule has 0 amide bonds. The zero-order valence-electron chi connectivity index (χ0n) is 14.8.